The van der Waals surface area contributed by atoms with Crippen LogP contribution >= 0.6 is 11.8 Å². The summed E-state index contributed by atoms with van der Waals surface area (Å²) in [5.41, 5.74) is 2.56. The molecule has 38 heavy (non-hydrogen) atoms. The number of thioether (sulfide) groups is 1. The van der Waals surface area contributed by atoms with Gasteiger partial charge in [-0.3, -0.25) is 4.79 Å². The highest BCUT2D eigenvalue weighted by Crippen LogP contribution is 2.19. The predicted molar refractivity (Wildman–Crippen MR) is 152 cm³/mol. The smallest absolute Gasteiger partial charge is 0.329 e. The lowest BCUT2D eigenvalue weighted by molar-refractivity contribution is -0.157. The molecule has 1 heterocycles. The number of imidazole rings is 1. The van der Waals surface area contributed by atoms with E-state index in [1.165, 1.54) is 12.1 Å². The van der Waals surface area contributed by atoms with Crippen LogP contribution in [0.15, 0.2) is 67.3 Å². The Morgan fingerprint density at radius 3 is 2.58 bits per heavy atom. The van der Waals surface area contributed by atoms with Gasteiger partial charge in [-0.15, -0.1) is 0 Å². The molecule has 1 amide bonds. The number of esters is 1. The van der Waals surface area contributed by atoms with Crippen molar-refractivity contribution in [1.29, 1.82) is 0 Å². The molecule has 3 rings (SSSR count). The molecule has 3 aromatic rings. The maximum absolute atomic E-state index is 13.6. The lowest BCUT2D eigenvalue weighted by atomic mass is 9.96. The first-order chi connectivity index (χ1) is 18.1. The van der Waals surface area contributed by atoms with Gasteiger partial charge in [0.25, 0.3) is 5.91 Å². The lowest BCUT2D eigenvalue weighted by Gasteiger charge is -2.25. The molecule has 2 aromatic carbocycles. The summed E-state index contributed by atoms with van der Waals surface area (Å²) in [6.07, 6.45) is 13.0. The van der Waals surface area contributed by atoms with Gasteiger partial charge in [0.15, 0.2) is 0 Å². The molecule has 1 atom stereocenters. The van der Waals surface area contributed by atoms with E-state index in [1.54, 1.807) is 36.4 Å². The van der Waals surface area contributed by atoms with Gasteiger partial charge in [-0.2, -0.15) is 11.8 Å². The summed E-state index contributed by atoms with van der Waals surface area (Å²) in [4.78, 5) is 30.5. The van der Waals surface area contributed by atoms with E-state index < -0.39 is 17.6 Å². The maximum atomic E-state index is 13.6. The van der Waals surface area contributed by atoms with Crippen LogP contribution in [0.5, 0.6) is 0 Å². The first-order valence-corrected chi connectivity index (χ1v) is 14.1. The highest BCUT2D eigenvalue weighted by Gasteiger charge is 2.27. The Labute approximate surface area is 228 Å². The molecule has 0 aliphatic carbocycles. The van der Waals surface area contributed by atoms with Crippen molar-refractivity contribution in [2.24, 2.45) is 0 Å². The minimum absolute atomic E-state index is 0.279. The Morgan fingerprint density at radius 1 is 1.16 bits per heavy atom. The molecule has 0 aliphatic heterocycles. The Balaban J connectivity index is 1.84. The van der Waals surface area contributed by atoms with Crippen molar-refractivity contribution in [1.82, 2.24) is 14.9 Å². The number of carbonyl (C=O) groups is 2. The second-order valence-corrected chi connectivity index (χ2v) is 11.0. The number of benzene rings is 2. The largest absolute Gasteiger partial charge is 0.458 e. The molecule has 0 spiro atoms. The third-order valence-electron chi connectivity index (χ3n) is 5.77. The van der Waals surface area contributed by atoms with E-state index >= 15 is 0 Å². The summed E-state index contributed by atoms with van der Waals surface area (Å²) < 4.78 is 20.9. The van der Waals surface area contributed by atoms with Gasteiger partial charge in [-0.05, 0) is 86.9 Å². The molecule has 0 saturated heterocycles. The molecular formula is C30H36FN3O3S. The van der Waals surface area contributed by atoms with Gasteiger partial charge in [0, 0.05) is 24.5 Å². The number of hydrogen-bond donors (Lipinski definition) is 1. The first-order valence-electron chi connectivity index (χ1n) is 12.7. The molecule has 0 radical (unpaired) electrons. The van der Waals surface area contributed by atoms with Gasteiger partial charge < -0.3 is 14.6 Å². The van der Waals surface area contributed by atoms with E-state index in [0.29, 0.717) is 37.1 Å². The van der Waals surface area contributed by atoms with Crippen molar-refractivity contribution in [3.63, 3.8) is 0 Å². The van der Waals surface area contributed by atoms with Crippen LogP contribution < -0.4 is 5.32 Å². The predicted octanol–water partition coefficient (Wildman–Crippen LogP) is 5.71. The average molecular weight is 538 g/mol. The number of ether oxygens (including phenoxy) is 1. The number of carbonyl (C=O) groups excluding carboxylic acids is 2. The van der Waals surface area contributed by atoms with Gasteiger partial charge in [-0.25, -0.2) is 14.2 Å². The van der Waals surface area contributed by atoms with Gasteiger partial charge >= 0.3 is 5.97 Å². The normalized spacial score (nSPS) is 12.4. The number of rotatable bonds is 12. The summed E-state index contributed by atoms with van der Waals surface area (Å²) in [6.45, 7) is 6.09. The number of hydrogen-bond acceptors (Lipinski definition) is 5. The van der Waals surface area contributed by atoms with Crippen LogP contribution in [-0.4, -0.2) is 45.1 Å². The van der Waals surface area contributed by atoms with E-state index in [2.05, 4.69) is 10.3 Å². The van der Waals surface area contributed by atoms with Gasteiger partial charge in [0.05, 0.1) is 6.33 Å². The molecule has 8 heteroatoms. The zero-order chi connectivity index (χ0) is 27.5. The van der Waals surface area contributed by atoms with Crippen molar-refractivity contribution in [2.75, 3.05) is 12.0 Å². The molecule has 0 saturated carbocycles. The van der Waals surface area contributed by atoms with Crippen molar-refractivity contribution < 1.29 is 18.7 Å². The summed E-state index contributed by atoms with van der Waals surface area (Å²) >= 11 is 1.61. The quantitative estimate of drug-likeness (QED) is 0.300. The minimum atomic E-state index is -0.750. The molecule has 0 bridgehead atoms. The fourth-order valence-electron chi connectivity index (χ4n) is 3.86. The van der Waals surface area contributed by atoms with Crippen LogP contribution in [0.4, 0.5) is 4.39 Å². The molecule has 0 unspecified atom stereocenters. The van der Waals surface area contributed by atoms with E-state index in [0.717, 1.165) is 16.7 Å². The monoisotopic (exact) mass is 537 g/mol. The number of aryl methyl sites for hydroxylation is 2. The van der Waals surface area contributed by atoms with Crippen LogP contribution in [0.2, 0.25) is 0 Å². The Kier molecular flexibility index (Phi) is 10.7. The second kappa shape index (κ2) is 14.0. The van der Waals surface area contributed by atoms with Crippen molar-refractivity contribution in [3.05, 3.63) is 95.3 Å². The van der Waals surface area contributed by atoms with E-state index in [4.69, 9.17) is 4.74 Å². The molecule has 0 aliphatic rings. The number of halogens is 1. The molecule has 1 N–H and O–H groups in total. The van der Waals surface area contributed by atoms with Crippen LogP contribution in [0.3, 0.4) is 0 Å². The Hall–Kier alpha value is -3.39. The van der Waals surface area contributed by atoms with Gasteiger partial charge in [0.1, 0.15) is 17.5 Å². The standard InChI is InChI=1S/C30H36FN3O3S/c1-30(2,3)37-29(36)27(15-19-38-4)33-28(35)26-20-23(6-5-17-34-18-16-32-21-34)8-12-24(26)11-7-22-9-13-25(31)14-10-22/h5-6,8-10,12-14,16,18,20-21,27H,7,11,15,17,19H2,1-4H3,(H,33,35)/b6-5-/t27-/m0/s1. The number of nitrogens with one attached hydrogen (secondary N) is 1. The van der Waals surface area contributed by atoms with Crippen LogP contribution in [0.25, 0.3) is 6.08 Å². The van der Waals surface area contributed by atoms with Crippen molar-refractivity contribution >= 4 is 29.7 Å². The van der Waals surface area contributed by atoms with Gasteiger partial charge in [-0.1, -0.05) is 36.4 Å². The molecular weight excluding hydrogens is 501 g/mol. The maximum Gasteiger partial charge on any atom is 0.329 e. The number of aromatic nitrogens is 2. The van der Waals surface area contributed by atoms with E-state index in [1.807, 2.05) is 68.1 Å². The summed E-state index contributed by atoms with van der Waals surface area (Å²) in [6, 6.07) is 11.4. The van der Waals surface area contributed by atoms with Crippen LogP contribution in [0.1, 0.15) is 54.2 Å². The van der Waals surface area contributed by atoms with Gasteiger partial charge in [0.2, 0.25) is 0 Å². The average Bonchev–Trinajstić information content (AvgIpc) is 3.39. The first kappa shape index (κ1) is 29.2. The molecule has 6 nitrogen and oxygen atoms in total. The summed E-state index contributed by atoms with van der Waals surface area (Å²) in [5.74, 6) is -0.331. The van der Waals surface area contributed by atoms with Crippen LogP contribution in [-0.2, 0) is 28.9 Å². The third kappa shape index (κ3) is 9.49. The highest BCUT2D eigenvalue weighted by atomic mass is 32.2. The summed E-state index contributed by atoms with van der Waals surface area (Å²) in [5, 5.41) is 2.93. The zero-order valence-corrected chi connectivity index (χ0v) is 23.3. The highest BCUT2D eigenvalue weighted by molar-refractivity contribution is 7.98. The third-order valence-corrected chi connectivity index (χ3v) is 6.41. The van der Waals surface area contributed by atoms with E-state index in [-0.39, 0.29) is 11.7 Å². The fraction of sp³-hybridized carbons (Fsp3) is 0.367. The number of allylic oxidation sites excluding steroid dienone is 1. The van der Waals surface area contributed by atoms with Crippen molar-refractivity contribution in [3.8, 4) is 0 Å². The Morgan fingerprint density at radius 2 is 1.92 bits per heavy atom. The molecule has 1 aromatic heterocycles. The summed E-state index contributed by atoms with van der Waals surface area (Å²) in [7, 11) is 0. The number of amides is 1. The second-order valence-electron chi connectivity index (χ2n) is 10.0. The zero-order valence-electron chi connectivity index (χ0n) is 22.4. The minimum Gasteiger partial charge on any atom is -0.458 e. The fourth-order valence-corrected chi connectivity index (χ4v) is 4.33. The molecule has 0 fully saturated rings. The Bertz CT molecular complexity index is 1220. The lowest BCUT2D eigenvalue weighted by Crippen LogP contribution is -2.44. The SMILES string of the molecule is CSCC[C@H](NC(=O)c1cc(/C=C\Cn2ccnc2)ccc1CCc1ccc(F)cc1)C(=O)OC(C)(C)C. The number of nitrogens with zero attached hydrogens (tertiary/aromatic N) is 2. The topological polar surface area (TPSA) is 73.2 Å². The van der Waals surface area contributed by atoms with Crippen LogP contribution in [0, 0.1) is 5.82 Å². The van der Waals surface area contributed by atoms with E-state index in [9.17, 15) is 14.0 Å². The van der Waals surface area contributed by atoms with Crippen molar-refractivity contribution in [2.45, 2.75) is 58.2 Å². The molecule has 202 valence electrons.